The second-order valence-electron chi connectivity index (χ2n) is 4.65. The maximum Gasteiger partial charge on any atom is 0.321 e. The monoisotopic (exact) mass is 320 g/mol. The molecule has 0 saturated carbocycles. The molecule has 1 aromatic rings. The van der Waals surface area contributed by atoms with Crippen molar-refractivity contribution < 1.29 is 17.6 Å². The molecule has 0 bridgehead atoms. The number of benzene rings is 1. The highest BCUT2D eigenvalue weighted by molar-refractivity contribution is 7.91. The van der Waals surface area contributed by atoms with Gasteiger partial charge in [-0.25, -0.2) is 17.6 Å². The van der Waals surface area contributed by atoms with E-state index in [2.05, 4.69) is 5.32 Å². The van der Waals surface area contributed by atoms with E-state index in [1.54, 1.807) is 6.92 Å². The number of hydrogen-bond acceptors (Lipinski definition) is 3. The quantitative estimate of drug-likeness (QED) is 0.861. The van der Waals surface area contributed by atoms with Crippen molar-refractivity contribution in [2.45, 2.75) is 6.92 Å². The lowest BCUT2D eigenvalue weighted by Crippen LogP contribution is -2.45. The molecule has 0 aromatic heterocycles. The summed E-state index contributed by atoms with van der Waals surface area (Å²) in [4.78, 5) is 13.4. The number of halogens is 2. The fraction of sp³-hybridized carbons (Fsp3) is 0.417. The van der Waals surface area contributed by atoms with Crippen LogP contribution in [0.3, 0.4) is 0 Å². The zero-order valence-corrected chi connectivity index (χ0v) is 12.4. The van der Waals surface area contributed by atoms with Gasteiger partial charge in [-0.1, -0.05) is 11.6 Å². The number of urea groups is 1. The number of amides is 2. The van der Waals surface area contributed by atoms with Gasteiger partial charge in [-0.3, -0.25) is 0 Å². The van der Waals surface area contributed by atoms with Gasteiger partial charge in [0, 0.05) is 13.1 Å². The maximum atomic E-state index is 13.3. The van der Waals surface area contributed by atoms with Crippen molar-refractivity contribution in [3.8, 4) is 0 Å². The minimum Gasteiger partial charge on any atom is -0.322 e. The summed E-state index contributed by atoms with van der Waals surface area (Å²) in [6.45, 7) is 1.85. The number of sulfone groups is 1. The summed E-state index contributed by atoms with van der Waals surface area (Å²) in [5.41, 5.74) is 0.676. The van der Waals surface area contributed by atoms with Crippen molar-refractivity contribution in [1.29, 1.82) is 0 Å². The van der Waals surface area contributed by atoms with Crippen molar-refractivity contribution in [1.82, 2.24) is 4.90 Å². The summed E-state index contributed by atoms with van der Waals surface area (Å²) in [5, 5.41) is 2.67. The van der Waals surface area contributed by atoms with Crippen LogP contribution in [0.4, 0.5) is 14.9 Å². The van der Waals surface area contributed by atoms with Crippen LogP contribution in [0, 0.1) is 12.7 Å². The van der Waals surface area contributed by atoms with Crippen LogP contribution >= 0.6 is 11.6 Å². The van der Waals surface area contributed by atoms with E-state index in [1.165, 1.54) is 11.0 Å². The molecule has 0 atom stereocenters. The molecule has 0 aliphatic carbocycles. The number of nitrogens with one attached hydrogen (secondary N) is 1. The molecule has 1 fully saturated rings. The second kappa shape index (κ2) is 5.57. The van der Waals surface area contributed by atoms with Crippen LogP contribution in [-0.2, 0) is 9.84 Å². The Balaban J connectivity index is 2.07. The molecule has 5 nitrogen and oxygen atoms in total. The molecular formula is C12H14ClFN2O3S. The zero-order chi connectivity index (χ0) is 14.9. The van der Waals surface area contributed by atoms with E-state index in [0.29, 0.717) is 11.3 Å². The highest BCUT2D eigenvalue weighted by Crippen LogP contribution is 2.25. The van der Waals surface area contributed by atoms with Gasteiger partial charge in [0.15, 0.2) is 9.84 Å². The standard InChI is InChI=1S/C12H14ClFN2O3S/c1-8-6-11(9(13)7-10(8)14)15-12(17)16-2-4-20(18,19)5-3-16/h6-7H,2-5H2,1H3,(H,15,17). The van der Waals surface area contributed by atoms with E-state index < -0.39 is 21.7 Å². The van der Waals surface area contributed by atoms with E-state index >= 15 is 0 Å². The van der Waals surface area contributed by atoms with Gasteiger partial charge in [-0.05, 0) is 24.6 Å². The average molecular weight is 321 g/mol. The number of nitrogens with zero attached hydrogens (tertiary/aromatic N) is 1. The first kappa shape index (κ1) is 15.1. The smallest absolute Gasteiger partial charge is 0.321 e. The number of rotatable bonds is 1. The van der Waals surface area contributed by atoms with E-state index in [0.717, 1.165) is 6.07 Å². The van der Waals surface area contributed by atoms with Gasteiger partial charge >= 0.3 is 6.03 Å². The van der Waals surface area contributed by atoms with Crippen LogP contribution in [0.5, 0.6) is 0 Å². The first-order valence-electron chi connectivity index (χ1n) is 6.00. The number of hydrogen-bond donors (Lipinski definition) is 1. The van der Waals surface area contributed by atoms with Crippen molar-refractivity contribution in [3.05, 3.63) is 28.5 Å². The summed E-state index contributed by atoms with van der Waals surface area (Å²) in [5.74, 6) is -0.537. The van der Waals surface area contributed by atoms with E-state index in [-0.39, 0.29) is 29.6 Å². The highest BCUT2D eigenvalue weighted by atomic mass is 35.5. The molecule has 1 saturated heterocycles. The predicted octanol–water partition coefficient (Wildman–Crippen LogP) is 2.05. The lowest BCUT2D eigenvalue weighted by molar-refractivity contribution is 0.216. The Kier molecular flexibility index (Phi) is 4.19. The molecule has 0 spiro atoms. The van der Waals surface area contributed by atoms with Gasteiger partial charge in [0.05, 0.1) is 22.2 Å². The van der Waals surface area contributed by atoms with Gasteiger partial charge in [0.25, 0.3) is 0 Å². The Morgan fingerprint density at radius 3 is 2.55 bits per heavy atom. The molecule has 20 heavy (non-hydrogen) atoms. The summed E-state index contributed by atoms with van der Waals surface area (Å²) in [6, 6.07) is 2.14. The third-order valence-corrected chi connectivity index (χ3v) is 5.04. The van der Waals surface area contributed by atoms with Crippen LogP contribution in [0.2, 0.25) is 5.02 Å². The second-order valence-corrected chi connectivity index (χ2v) is 7.36. The normalized spacial score (nSPS) is 17.9. The lowest BCUT2D eigenvalue weighted by Gasteiger charge is -2.27. The van der Waals surface area contributed by atoms with Crippen molar-refractivity contribution in [2.24, 2.45) is 0 Å². The Morgan fingerprint density at radius 2 is 1.95 bits per heavy atom. The summed E-state index contributed by atoms with van der Waals surface area (Å²) < 4.78 is 35.8. The molecule has 0 radical (unpaired) electrons. The zero-order valence-electron chi connectivity index (χ0n) is 10.8. The number of carbonyl (C=O) groups is 1. The molecule has 8 heteroatoms. The maximum absolute atomic E-state index is 13.3. The average Bonchev–Trinajstić information content (AvgIpc) is 2.35. The van der Waals surface area contributed by atoms with Crippen LogP contribution < -0.4 is 5.32 Å². The number of aryl methyl sites for hydroxylation is 1. The van der Waals surface area contributed by atoms with Crippen molar-refractivity contribution in [3.63, 3.8) is 0 Å². The molecule has 1 heterocycles. The SMILES string of the molecule is Cc1cc(NC(=O)N2CCS(=O)(=O)CC2)c(Cl)cc1F. The minimum atomic E-state index is -3.04. The molecule has 0 unspecified atom stereocenters. The van der Waals surface area contributed by atoms with Crippen molar-refractivity contribution in [2.75, 3.05) is 29.9 Å². The van der Waals surface area contributed by atoms with Gasteiger partial charge in [0.2, 0.25) is 0 Å². The van der Waals surface area contributed by atoms with Crippen molar-refractivity contribution >= 4 is 33.2 Å². The van der Waals surface area contributed by atoms with Gasteiger partial charge in [0.1, 0.15) is 5.82 Å². The molecule has 110 valence electrons. The molecule has 1 aliphatic heterocycles. The van der Waals surface area contributed by atoms with Crippen LogP contribution in [0.15, 0.2) is 12.1 Å². The lowest BCUT2D eigenvalue weighted by atomic mass is 10.2. The third-order valence-electron chi connectivity index (χ3n) is 3.12. The summed E-state index contributed by atoms with van der Waals surface area (Å²) in [7, 11) is -3.04. The van der Waals surface area contributed by atoms with Crippen LogP contribution in [-0.4, -0.2) is 43.9 Å². The van der Waals surface area contributed by atoms with E-state index in [1.807, 2.05) is 0 Å². The first-order valence-corrected chi connectivity index (χ1v) is 8.20. The topological polar surface area (TPSA) is 66.5 Å². The summed E-state index contributed by atoms with van der Waals surface area (Å²) in [6.07, 6.45) is 0. The fourth-order valence-electron chi connectivity index (χ4n) is 1.86. The minimum absolute atomic E-state index is 0.0450. The Bertz CT molecular complexity index is 634. The third kappa shape index (κ3) is 3.40. The molecular weight excluding hydrogens is 307 g/mol. The largest absolute Gasteiger partial charge is 0.322 e. The first-order chi connectivity index (χ1) is 9.28. The Labute approximate surface area is 121 Å². The van der Waals surface area contributed by atoms with Crippen LogP contribution in [0.25, 0.3) is 0 Å². The van der Waals surface area contributed by atoms with Gasteiger partial charge in [-0.2, -0.15) is 0 Å². The van der Waals surface area contributed by atoms with E-state index in [9.17, 15) is 17.6 Å². The number of carbonyl (C=O) groups excluding carboxylic acids is 1. The molecule has 2 rings (SSSR count). The molecule has 1 aliphatic rings. The molecule has 1 aromatic carbocycles. The Hall–Kier alpha value is -1.34. The molecule has 1 N–H and O–H groups in total. The highest BCUT2D eigenvalue weighted by Gasteiger charge is 2.25. The fourth-order valence-corrected chi connectivity index (χ4v) is 3.26. The number of anilines is 1. The Morgan fingerprint density at radius 1 is 1.35 bits per heavy atom. The van der Waals surface area contributed by atoms with Gasteiger partial charge < -0.3 is 10.2 Å². The summed E-state index contributed by atoms with van der Waals surface area (Å²) >= 11 is 5.86. The molecule has 2 amide bonds. The van der Waals surface area contributed by atoms with Crippen LogP contribution in [0.1, 0.15) is 5.56 Å². The van der Waals surface area contributed by atoms with Gasteiger partial charge in [-0.15, -0.1) is 0 Å². The predicted molar refractivity (Wildman–Crippen MR) is 75.4 cm³/mol. The van der Waals surface area contributed by atoms with E-state index in [4.69, 9.17) is 11.6 Å².